The van der Waals surface area contributed by atoms with Gasteiger partial charge in [-0.1, -0.05) is 36.8 Å². The standard InChI is InChI=1S/C16H22N2OS/c1-3-14(8-9-19)17-10-15-11-18-16(20-15)13-6-4-12(2)5-7-13/h4-7,11,14,17,19H,3,8-10H2,1-2H3. The molecule has 1 unspecified atom stereocenters. The molecule has 2 aromatic rings. The average Bonchev–Trinajstić information content (AvgIpc) is 2.93. The van der Waals surface area contributed by atoms with Crippen LogP contribution in [0.15, 0.2) is 30.5 Å². The van der Waals surface area contributed by atoms with Crippen LogP contribution >= 0.6 is 11.3 Å². The predicted molar refractivity (Wildman–Crippen MR) is 84.9 cm³/mol. The molecule has 1 atom stereocenters. The minimum Gasteiger partial charge on any atom is -0.396 e. The van der Waals surface area contributed by atoms with E-state index >= 15 is 0 Å². The van der Waals surface area contributed by atoms with Gasteiger partial charge in [0.15, 0.2) is 0 Å². The Labute approximate surface area is 124 Å². The van der Waals surface area contributed by atoms with E-state index in [9.17, 15) is 0 Å². The Kier molecular flexibility index (Phi) is 5.71. The van der Waals surface area contributed by atoms with Gasteiger partial charge in [0, 0.05) is 35.8 Å². The van der Waals surface area contributed by atoms with Crippen molar-refractivity contribution < 1.29 is 5.11 Å². The third kappa shape index (κ3) is 4.13. The van der Waals surface area contributed by atoms with Gasteiger partial charge in [-0.25, -0.2) is 4.98 Å². The summed E-state index contributed by atoms with van der Waals surface area (Å²) in [6, 6.07) is 8.84. The van der Waals surface area contributed by atoms with E-state index in [1.807, 2.05) is 6.20 Å². The first-order valence-electron chi connectivity index (χ1n) is 7.09. The van der Waals surface area contributed by atoms with Crippen LogP contribution in [0.25, 0.3) is 10.6 Å². The number of nitrogens with zero attached hydrogens (tertiary/aromatic N) is 1. The molecule has 0 aliphatic heterocycles. The SMILES string of the molecule is CCC(CCO)NCc1cnc(-c2ccc(C)cc2)s1. The zero-order valence-electron chi connectivity index (χ0n) is 12.1. The summed E-state index contributed by atoms with van der Waals surface area (Å²) < 4.78 is 0. The minimum atomic E-state index is 0.239. The highest BCUT2D eigenvalue weighted by Gasteiger charge is 2.08. The maximum Gasteiger partial charge on any atom is 0.123 e. The normalized spacial score (nSPS) is 12.6. The topological polar surface area (TPSA) is 45.1 Å². The molecule has 20 heavy (non-hydrogen) atoms. The number of aliphatic hydroxyl groups is 1. The van der Waals surface area contributed by atoms with Gasteiger partial charge in [0.25, 0.3) is 0 Å². The number of hydrogen-bond donors (Lipinski definition) is 2. The van der Waals surface area contributed by atoms with E-state index in [4.69, 9.17) is 5.11 Å². The monoisotopic (exact) mass is 290 g/mol. The summed E-state index contributed by atoms with van der Waals surface area (Å²) in [4.78, 5) is 5.73. The molecule has 2 rings (SSSR count). The van der Waals surface area contributed by atoms with Crippen LogP contribution in [0, 0.1) is 6.92 Å². The van der Waals surface area contributed by atoms with Gasteiger partial charge in [-0.2, -0.15) is 0 Å². The molecule has 0 spiro atoms. The first kappa shape index (κ1) is 15.2. The first-order chi connectivity index (χ1) is 9.72. The van der Waals surface area contributed by atoms with Crippen molar-refractivity contribution in [3.05, 3.63) is 40.9 Å². The molecule has 1 heterocycles. The Morgan fingerprint density at radius 1 is 1.30 bits per heavy atom. The number of nitrogens with one attached hydrogen (secondary N) is 1. The van der Waals surface area contributed by atoms with Crippen LogP contribution in [-0.4, -0.2) is 22.7 Å². The fraction of sp³-hybridized carbons (Fsp3) is 0.438. The summed E-state index contributed by atoms with van der Waals surface area (Å²) >= 11 is 1.73. The summed E-state index contributed by atoms with van der Waals surface area (Å²) in [5.41, 5.74) is 2.44. The largest absolute Gasteiger partial charge is 0.396 e. The lowest BCUT2D eigenvalue weighted by molar-refractivity contribution is 0.262. The number of rotatable bonds is 7. The predicted octanol–water partition coefficient (Wildman–Crippen LogP) is 3.37. The zero-order chi connectivity index (χ0) is 14.4. The molecule has 0 radical (unpaired) electrons. The first-order valence-corrected chi connectivity index (χ1v) is 7.90. The summed E-state index contributed by atoms with van der Waals surface area (Å²) in [5.74, 6) is 0. The smallest absolute Gasteiger partial charge is 0.123 e. The lowest BCUT2D eigenvalue weighted by atomic mass is 10.1. The highest BCUT2D eigenvalue weighted by atomic mass is 32.1. The quantitative estimate of drug-likeness (QED) is 0.822. The number of aromatic nitrogens is 1. The van der Waals surface area contributed by atoms with E-state index in [1.54, 1.807) is 11.3 Å². The molecule has 3 nitrogen and oxygen atoms in total. The van der Waals surface area contributed by atoms with Gasteiger partial charge in [0.05, 0.1) is 0 Å². The molecule has 4 heteroatoms. The molecule has 0 aliphatic carbocycles. The van der Waals surface area contributed by atoms with Crippen molar-refractivity contribution in [3.63, 3.8) is 0 Å². The van der Waals surface area contributed by atoms with Gasteiger partial charge in [0.2, 0.25) is 0 Å². The van der Waals surface area contributed by atoms with Crippen LogP contribution in [0.3, 0.4) is 0 Å². The molecule has 2 N–H and O–H groups in total. The fourth-order valence-corrected chi connectivity index (χ4v) is 2.94. The number of aliphatic hydroxyl groups excluding tert-OH is 1. The molecular weight excluding hydrogens is 268 g/mol. The summed E-state index contributed by atoms with van der Waals surface area (Å²) in [5, 5.41) is 13.5. The molecule has 1 aromatic heterocycles. The van der Waals surface area contributed by atoms with E-state index < -0.39 is 0 Å². The Morgan fingerprint density at radius 2 is 2.05 bits per heavy atom. The number of aryl methyl sites for hydroxylation is 1. The highest BCUT2D eigenvalue weighted by molar-refractivity contribution is 7.15. The van der Waals surface area contributed by atoms with Crippen molar-refractivity contribution in [2.24, 2.45) is 0 Å². The average molecular weight is 290 g/mol. The summed E-state index contributed by atoms with van der Waals surface area (Å²) in [6.45, 7) is 5.29. The van der Waals surface area contributed by atoms with E-state index in [0.717, 1.165) is 24.4 Å². The number of hydrogen-bond acceptors (Lipinski definition) is 4. The zero-order valence-corrected chi connectivity index (χ0v) is 12.9. The second-order valence-electron chi connectivity index (χ2n) is 5.00. The molecule has 1 aromatic carbocycles. The number of benzene rings is 1. The van der Waals surface area contributed by atoms with Crippen molar-refractivity contribution in [1.82, 2.24) is 10.3 Å². The summed E-state index contributed by atoms with van der Waals surface area (Å²) in [6.07, 6.45) is 3.78. The second-order valence-corrected chi connectivity index (χ2v) is 6.11. The molecule has 0 saturated carbocycles. The van der Waals surface area contributed by atoms with E-state index in [1.165, 1.54) is 16.0 Å². The van der Waals surface area contributed by atoms with E-state index in [-0.39, 0.29) is 6.61 Å². The summed E-state index contributed by atoms with van der Waals surface area (Å²) in [7, 11) is 0. The highest BCUT2D eigenvalue weighted by Crippen LogP contribution is 2.25. The van der Waals surface area contributed by atoms with Crippen molar-refractivity contribution in [3.8, 4) is 10.6 Å². The Hall–Kier alpha value is -1.23. The van der Waals surface area contributed by atoms with Crippen molar-refractivity contribution >= 4 is 11.3 Å². The minimum absolute atomic E-state index is 0.239. The van der Waals surface area contributed by atoms with Crippen LogP contribution in [-0.2, 0) is 6.54 Å². The fourth-order valence-electron chi connectivity index (χ4n) is 2.07. The van der Waals surface area contributed by atoms with Gasteiger partial charge in [-0.15, -0.1) is 11.3 Å². The van der Waals surface area contributed by atoms with Crippen molar-refractivity contribution in [2.75, 3.05) is 6.61 Å². The molecule has 0 aliphatic rings. The van der Waals surface area contributed by atoms with Gasteiger partial charge in [-0.05, 0) is 19.8 Å². The van der Waals surface area contributed by atoms with Crippen molar-refractivity contribution in [1.29, 1.82) is 0 Å². The molecule has 0 amide bonds. The Bertz CT molecular complexity index is 522. The van der Waals surface area contributed by atoms with Crippen molar-refractivity contribution in [2.45, 2.75) is 39.3 Å². The Morgan fingerprint density at radius 3 is 2.70 bits per heavy atom. The Balaban J connectivity index is 1.96. The van der Waals surface area contributed by atoms with Crippen LogP contribution in [0.5, 0.6) is 0 Å². The molecule has 108 valence electrons. The molecular formula is C16H22N2OS. The van der Waals surface area contributed by atoms with Crippen LogP contribution in [0.1, 0.15) is 30.2 Å². The maximum absolute atomic E-state index is 8.99. The van der Waals surface area contributed by atoms with Gasteiger partial charge in [0.1, 0.15) is 5.01 Å². The number of thiazole rings is 1. The van der Waals surface area contributed by atoms with Crippen LogP contribution < -0.4 is 5.32 Å². The third-order valence-corrected chi connectivity index (χ3v) is 4.43. The molecule has 0 bridgehead atoms. The maximum atomic E-state index is 8.99. The van der Waals surface area contributed by atoms with E-state index in [0.29, 0.717) is 6.04 Å². The molecule has 0 saturated heterocycles. The van der Waals surface area contributed by atoms with Gasteiger partial charge in [-0.3, -0.25) is 0 Å². The lowest BCUT2D eigenvalue weighted by Crippen LogP contribution is -2.28. The molecule has 0 fully saturated rings. The van der Waals surface area contributed by atoms with Gasteiger partial charge < -0.3 is 10.4 Å². The van der Waals surface area contributed by atoms with Crippen LogP contribution in [0.2, 0.25) is 0 Å². The van der Waals surface area contributed by atoms with E-state index in [2.05, 4.69) is 48.4 Å². The van der Waals surface area contributed by atoms with Gasteiger partial charge >= 0.3 is 0 Å². The van der Waals surface area contributed by atoms with Crippen LogP contribution in [0.4, 0.5) is 0 Å². The third-order valence-electron chi connectivity index (χ3n) is 3.39. The second kappa shape index (κ2) is 7.53. The lowest BCUT2D eigenvalue weighted by Gasteiger charge is -2.14.